The second-order valence-corrected chi connectivity index (χ2v) is 14.3. The number of allylic oxidation sites excluding steroid dienone is 2. The summed E-state index contributed by atoms with van der Waals surface area (Å²) in [6.07, 6.45) is 1.98. The number of benzene rings is 2. The van der Waals surface area contributed by atoms with Crippen LogP contribution < -0.4 is 4.78 Å². The Kier molecular flexibility index (Phi) is 6.98. The Bertz CT molecular complexity index is 1310. The minimum atomic E-state index is -2.53. The summed E-state index contributed by atoms with van der Waals surface area (Å²) < 4.78 is 22.5. The molecule has 38 heavy (non-hydrogen) atoms. The third-order valence-electron chi connectivity index (χ3n) is 8.20. The molecule has 4 aliphatic rings. The van der Waals surface area contributed by atoms with Gasteiger partial charge in [0.15, 0.2) is 7.36 Å². The monoisotopic (exact) mass is 533 g/mol. The summed E-state index contributed by atoms with van der Waals surface area (Å²) in [6.45, 7) is 15.6. The number of rotatable bonds is 4. The van der Waals surface area contributed by atoms with Gasteiger partial charge in [-0.05, 0) is 61.4 Å². The van der Waals surface area contributed by atoms with Crippen LogP contribution in [0, 0.1) is 19.3 Å². The van der Waals surface area contributed by atoms with Crippen molar-refractivity contribution in [3.63, 3.8) is 0 Å². The van der Waals surface area contributed by atoms with E-state index in [0.717, 1.165) is 63.6 Å². The number of aryl methyl sites for hydroxylation is 1. The van der Waals surface area contributed by atoms with Crippen LogP contribution in [-0.2, 0) is 9.47 Å². The molecule has 2 saturated heterocycles. The Morgan fingerprint density at radius 1 is 0.842 bits per heavy atom. The minimum Gasteiger partial charge on any atom is -0.379 e. The molecule has 0 aromatic heterocycles. The molecule has 3 aliphatic heterocycles. The fraction of sp³-hybridized carbons (Fsp3) is 0.500. The largest absolute Gasteiger partial charge is 0.379 e. The normalized spacial score (nSPS) is 25.8. The van der Waals surface area contributed by atoms with Crippen molar-refractivity contribution in [2.75, 3.05) is 57.4 Å². The van der Waals surface area contributed by atoms with Crippen LogP contribution in [-0.4, -0.2) is 67.9 Å². The van der Waals surface area contributed by atoms with E-state index in [1.807, 2.05) is 0 Å². The van der Waals surface area contributed by atoms with Gasteiger partial charge in [0.1, 0.15) is 0 Å². The van der Waals surface area contributed by atoms with E-state index in [0.29, 0.717) is 13.2 Å². The molecule has 2 fully saturated rings. The maximum atomic E-state index is 5.89. The first-order chi connectivity index (χ1) is 18.4. The maximum Gasteiger partial charge on any atom is 0.180 e. The van der Waals surface area contributed by atoms with Gasteiger partial charge in [-0.3, -0.25) is 0 Å². The van der Waals surface area contributed by atoms with Crippen molar-refractivity contribution in [2.45, 2.75) is 40.5 Å². The number of anilines is 1. The lowest BCUT2D eigenvalue weighted by molar-refractivity contribution is 0.0488. The molecule has 2 aromatic carbocycles. The summed E-state index contributed by atoms with van der Waals surface area (Å²) in [5.41, 5.74) is 7.45. The molecular formula is C30H40N5O2P. The summed E-state index contributed by atoms with van der Waals surface area (Å²) in [5.74, 6) is 0. The highest BCUT2D eigenvalue weighted by Gasteiger charge is 2.52. The molecule has 0 radical (unpaired) electrons. The molecule has 0 spiro atoms. The smallest absolute Gasteiger partial charge is 0.180 e. The number of fused-ring (bicyclic) bond motifs is 1. The van der Waals surface area contributed by atoms with Crippen molar-refractivity contribution in [3.8, 4) is 0 Å². The van der Waals surface area contributed by atoms with Crippen molar-refractivity contribution in [3.05, 3.63) is 70.7 Å². The summed E-state index contributed by atoms with van der Waals surface area (Å²) >= 11 is 0. The highest BCUT2D eigenvalue weighted by molar-refractivity contribution is 7.71. The average Bonchev–Trinajstić information content (AvgIpc) is 3.26. The number of ether oxygens (including phenoxy) is 2. The van der Waals surface area contributed by atoms with Gasteiger partial charge in [0.2, 0.25) is 0 Å². The third kappa shape index (κ3) is 4.54. The second kappa shape index (κ2) is 10.3. The first-order valence-electron chi connectivity index (χ1n) is 13.9. The van der Waals surface area contributed by atoms with Gasteiger partial charge in [-0.15, -0.1) is 0 Å². The van der Waals surface area contributed by atoms with Gasteiger partial charge in [-0.2, -0.15) is 5.10 Å². The molecule has 0 bridgehead atoms. The number of morpholine rings is 2. The highest BCUT2D eigenvalue weighted by Crippen LogP contribution is 2.72. The predicted molar refractivity (Wildman–Crippen MR) is 156 cm³/mol. The first kappa shape index (κ1) is 25.8. The van der Waals surface area contributed by atoms with Crippen LogP contribution in [0.15, 0.2) is 69.4 Å². The fourth-order valence-electron chi connectivity index (χ4n) is 6.12. The Morgan fingerprint density at radius 3 is 2.24 bits per heavy atom. The third-order valence-corrected chi connectivity index (χ3v) is 11.9. The van der Waals surface area contributed by atoms with Crippen LogP contribution in [0.1, 0.15) is 37.8 Å². The highest BCUT2D eigenvalue weighted by atomic mass is 31.2. The Morgan fingerprint density at radius 2 is 1.53 bits per heavy atom. The molecule has 2 aromatic rings. The molecule has 0 N–H and O–H groups in total. The van der Waals surface area contributed by atoms with Crippen molar-refractivity contribution < 1.29 is 9.47 Å². The van der Waals surface area contributed by atoms with Crippen LogP contribution in [0.4, 0.5) is 11.4 Å². The lowest BCUT2D eigenvalue weighted by atomic mass is 9.78. The Labute approximate surface area is 227 Å². The molecule has 1 atom stereocenters. The van der Waals surface area contributed by atoms with Crippen molar-refractivity contribution >= 4 is 24.4 Å². The van der Waals surface area contributed by atoms with Crippen molar-refractivity contribution in [1.29, 1.82) is 0 Å². The zero-order valence-electron chi connectivity index (χ0n) is 23.2. The number of para-hydroxylation sites is 1. The standard InChI is InChI=1S/C30H40N5O2P/c1-23-9-8-12-26(24(23)2)32-38(34-15-19-37-20-16-34)29-27(31-35(38)25-10-6-5-7-11-25)21-30(3,4)22-28(29)33-13-17-36-18-14-33/h5-12H,13-22H2,1-4H3/t38-/m1/s1. The topological polar surface area (TPSA) is 52.9 Å². The number of hydrazone groups is 1. The first-order valence-corrected chi connectivity index (χ1v) is 15.6. The van der Waals surface area contributed by atoms with Gasteiger partial charge < -0.3 is 14.4 Å². The van der Waals surface area contributed by atoms with Crippen molar-refractivity contribution in [2.24, 2.45) is 15.3 Å². The van der Waals surface area contributed by atoms with Crippen LogP contribution in [0.3, 0.4) is 0 Å². The molecule has 6 rings (SSSR count). The van der Waals surface area contributed by atoms with E-state index < -0.39 is 7.36 Å². The molecule has 7 nitrogen and oxygen atoms in total. The van der Waals surface area contributed by atoms with Crippen LogP contribution in [0.25, 0.3) is 0 Å². The lowest BCUT2D eigenvalue weighted by Gasteiger charge is -2.45. The molecular weight excluding hydrogens is 493 g/mol. The molecule has 0 saturated carbocycles. The van der Waals surface area contributed by atoms with E-state index >= 15 is 0 Å². The average molecular weight is 534 g/mol. The SMILES string of the molecule is Cc1cccc(N=[P@@]2(N3CCOCC3)C3=C(N4CCOCC4)CC(C)(C)CC3=NN2c2ccccc2)c1C. The van der Waals surface area contributed by atoms with E-state index in [1.54, 1.807) is 0 Å². The van der Waals surface area contributed by atoms with Crippen molar-refractivity contribution in [1.82, 2.24) is 9.57 Å². The van der Waals surface area contributed by atoms with Gasteiger partial charge >= 0.3 is 0 Å². The maximum absolute atomic E-state index is 5.89. The summed E-state index contributed by atoms with van der Waals surface area (Å²) in [4.78, 5) is 2.58. The van der Waals surface area contributed by atoms with E-state index in [9.17, 15) is 0 Å². The quantitative estimate of drug-likeness (QED) is 0.418. The minimum absolute atomic E-state index is 0.128. The molecule has 3 heterocycles. The Hall–Kier alpha value is -2.44. The number of hydrogen-bond acceptors (Lipinski definition) is 5. The van der Waals surface area contributed by atoms with E-state index in [1.165, 1.54) is 27.8 Å². The van der Waals surface area contributed by atoms with Crippen LogP contribution in [0.5, 0.6) is 0 Å². The fourth-order valence-corrected chi connectivity index (χ4v) is 10.1. The zero-order valence-corrected chi connectivity index (χ0v) is 24.1. The number of hydrogen-bond donors (Lipinski definition) is 0. The van der Waals surface area contributed by atoms with Gasteiger partial charge in [0.05, 0.1) is 48.8 Å². The zero-order chi connectivity index (χ0) is 26.3. The number of nitrogens with zero attached hydrogens (tertiary/aromatic N) is 5. The molecule has 202 valence electrons. The molecule has 8 heteroatoms. The van der Waals surface area contributed by atoms with Crippen LogP contribution >= 0.6 is 7.36 Å². The summed E-state index contributed by atoms with van der Waals surface area (Å²) in [6, 6.07) is 17.2. The molecule has 1 aliphatic carbocycles. The van der Waals surface area contributed by atoms with E-state index in [2.05, 4.69) is 90.6 Å². The summed E-state index contributed by atoms with van der Waals surface area (Å²) in [7, 11) is -2.53. The van der Waals surface area contributed by atoms with Gasteiger partial charge in [-0.1, -0.05) is 44.2 Å². The molecule has 0 amide bonds. The lowest BCUT2D eigenvalue weighted by Crippen LogP contribution is -2.42. The van der Waals surface area contributed by atoms with Gasteiger partial charge in [-0.25, -0.2) is 14.2 Å². The van der Waals surface area contributed by atoms with Gasteiger partial charge in [0.25, 0.3) is 0 Å². The van der Waals surface area contributed by atoms with E-state index in [-0.39, 0.29) is 5.41 Å². The van der Waals surface area contributed by atoms with Crippen LogP contribution in [0.2, 0.25) is 0 Å². The summed E-state index contributed by atoms with van der Waals surface area (Å²) in [5, 5.41) is 6.89. The van der Waals surface area contributed by atoms with Gasteiger partial charge in [0, 0.05) is 31.9 Å². The molecule has 0 unspecified atom stereocenters. The van der Waals surface area contributed by atoms with E-state index in [4.69, 9.17) is 19.3 Å². The predicted octanol–water partition coefficient (Wildman–Crippen LogP) is 6.54. The Balaban J connectivity index is 1.69. The second-order valence-electron chi connectivity index (χ2n) is 11.5.